The molecular formula is C23H25N3O3. The lowest BCUT2D eigenvalue weighted by molar-refractivity contribution is -0.127. The highest BCUT2D eigenvalue weighted by Gasteiger charge is 2.20. The number of para-hydroxylation sites is 1. The molecule has 0 spiro atoms. The molecule has 0 N–H and O–H groups in total. The average molecular weight is 391 g/mol. The summed E-state index contributed by atoms with van der Waals surface area (Å²) in [7, 11) is 0. The second kappa shape index (κ2) is 9.01. The van der Waals surface area contributed by atoms with Crippen molar-refractivity contribution in [3.8, 4) is 0 Å². The highest BCUT2D eigenvalue weighted by atomic mass is 16.3. The largest absolute Gasteiger partial charge is 0.464 e. The highest BCUT2D eigenvalue weighted by Crippen LogP contribution is 2.15. The fourth-order valence-corrected chi connectivity index (χ4v) is 3.85. The van der Waals surface area contributed by atoms with Gasteiger partial charge in [0.15, 0.2) is 5.43 Å². The maximum Gasteiger partial charge on any atom is 0.222 e. The van der Waals surface area contributed by atoms with Crippen LogP contribution in [0, 0.1) is 0 Å². The third-order valence-corrected chi connectivity index (χ3v) is 5.37. The van der Waals surface area contributed by atoms with E-state index in [1.807, 2.05) is 35.2 Å². The number of nitrogens with zero attached hydrogens (tertiary/aromatic N) is 3. The topological polar surface area (TPSA) is 66.7 Å². The van der Waals surface area contributed by atoms with Crippen LogP contribution in [0.5, 0.6) is 0 Å². The smallest absolute Gasteiger partial charge is 0.222 e. The third-order valence-electron chi connectivity index (χ3n) is 5.37. The van der Waals surface area contributed by atoms with E-state index in [4.69, 9.17) is 4.42 Å². The molecule has 2 aromatic heterocycles. The molecule has 3 aromatic rings. The molecule has 0 unspecified atom stereocenters. The second-order valence-electron chi connectivity index (χ2n) is 7.49. The van der Waals surface area contributed by atoms with Crippen LogP contribution in [0.4, 0.5) is 0 Å². The lowest BCUT2D eigenvalue weighted by Crippen LogP contribution is -2.31. The lowest BCUT2D eigenvalue weighted by Gasteiger charge is -2.24. The van der Waals surface area contributed by atoms with E-state index in [0.29, 0.717) is 36.0 Å². The van der Waals surface area contributed by atoms with Gasteiger partial charge in [-0.3, -0.25) is 19.5 Å². The summed E-state index contributed by atoms with van der Waals surface area (Å²) in [5.74, 6) is 0.251. The Labute approximate surface area is 169 Å². The van der Waals surface area contributed by atoms with Gasteiger partial charge in [0.25, 0.3) is 0 Å². The maximum atomic E-state index is 12.9. The van der Waals surface area contributed by atoms with E-state index >= 15 is 0 Å². The SMILES string of the molecule is O=C1CCCN1CCCN(Cc1ccncc1)Cc1coc2ccccc2c1=O. The van der Waals surface area contributed by atoms with Gasteiger partial charge in [-0.05, 0) is 42.7 Å². The molecule has 0 atom stereocenters. The summed E-state index contributed by atoms with van der Waals surface area (Å²) >= 11 is 0. The van der Waals surface area contributed by atoms with E-state index in [1.54, 1.807) is 24.7 Å². The van der Waals surface area contributed by atoms with E-state index in [9.17, 15) is 9.59 Å². The third kappa shape index (κ3) is 4.71. The number of pyridine rings is 1. The van der Waals surface area contributed by atoms with Crippen LogP contribution in [0.3, 0.4) is 0 Å². The van der Waals surface area contributed by atoms with Crippen molar-refractivity contribution in [1.29, 1.82) is 0 Å². The number of likely N-dealkylation sites (tertiary alicyclic amines) is 1. The van der Waals surface area contributed by atoms with Crippen LogP contribution >= 0.6 is 0 Å². The maximum absolute atomic E-state index is 12.9. The average Bonchev–Trinajstić information content (AvgIpc) is 3.15. The van der Waals surface area contributed by atoms with Crippen molar-refractivity contribution in [3.05, 3.63) is 76.4 Å². The minimum absolute atomic E-state index is 0.0151. The van der Waals surface area contributed by atoms with Gasteiger partial charge in [-0.15, -0.1) is 0 Å². The normalized spacial score (nSPS) is 14.2. The van der Waals surface area contributed by atoms with Crippen molar-refractivity contribution in [1.82, 2.24) is 14.8 Å². The Morgan fingerprint density at radius 2 is 1.90 bits per heavy atom. The number of rotatable bonds is 8. The van der Waals surface area contributed by atoms with Gasteiger partial charge in [0.1, 0.15) is 5.58 Å². The summed E-state index contributed by atoms with van der Waals surface area (Å²) in [6.07, 6.45) is 7.63. The van der Waals surface area contributed by atoms with E-state index in [1.165, 1.54) is 0 Å². The predicted octanol–water partition coefficient (Wildman–Crippen LogP) is 3.20. The Hall–Kier alpha value is -2.99. The van der Waals surface area contributed by atoms with Gasteiger partial charge in [0.05, 0.1) is 11.6 Å². The number of aromatic nitrogens is 1. The molecule has 1 fully saturated rings. The van der Waals surface area contributed by atoms with Crippen LogP contribution in [0.1, 0.15) is 30.4 Å². The summed E-state index contributed by atoms with van der Waals surface area (Å²) < 4.78 is 5.68. The van der Waals surface area contributed by atoms with Gasteiger partial charge in [0, 0.05) is 57.1 Å². The van der Waals surface area contributed by atoms with Crippen molar-refractivity contribution >= 4 is 16.9 Å². The van der Waals surface area contributed by atoms with Gasteiger partial charge >= 0.3 is 0 Å². The quantitative estimate of drug-likeness (QED) is 0.590. The summed E-state index contributed by atoms with van der Waals surface area (Å²) in [5, 5.41) is 0.608. The summed E-state index contributed by atoms with van der Waals surface area (Å²) in [6, 6.07) is 11.3. The van der Waals surface area contributed by atoms with E-state index in [-0.39, 0.29) is 11.3 Å². The Morgan fingerprint density at radius 1 is 1.07 bits per heavy atom. The molecule has 0 aliphatic carbocycles. The van der Waals surface area contributed by atoms with Gasteiger partial charge < -0.3 is 9.32 Å². The second-order valence-corrected chi connectivity index (χ2v) is 7.49. The number of fused-ring (bicyclic) bond motifs is 1. The first-order valence-corrected chi connectivity index (χ1v) is 10.1. The zero-order chi connectivity index (χ0) is 20.1. The number of carbonyl (C=O) groups is 1. The molecule has 6 nitrogen and oxygen atoms in total. The van der Waals surface area contributed by atoms with Gasteiger partial charge in [0.2, 0.25) is 5.91 Å². The molecule has 29 heavy (non-hydrogen) atoms. The van der Waals surface area contributed by atoms with Crippen LogP contribution in [0.2, 0.25) is 0 Å². The molecule has 1 amide bonds. The van der Waals surface area contributed by atoms with Crippen LogP contribution < -0.4 is 5.43 Å². The van der Waals surface area contributed by atoms with Crippen molar-refractivity contribution < 1.29 is 9.21 Å². The molecule has 1 aliphatic heterocycles. The number of hydrogen-bond acceptors (Lipinski definition) is 5. The van der Waals surface area contributed by atoms with Crippen LogP contribution in [-0.2, 0) is 17.9 Å². The van der Waals surface area contributed by atoms with Crippen molar-refractivity contribution in [2.45, 2.75) is 32.4 Å². The van der Waals surface area contributed by atoms with E-state index in [2.05, 4.69) is 9.88 Å². The summed E-state index contributed by atoms with van der Waals surface area (Å²) in [6.45, 7) is 3.62. The summed E-state index contributed by atoms with van der Waals surface area (Å²) in [4.78, 5) is 33.0. The molecule has 1 saturated heterocycles. The molecule has 0 saturated carbocycles. The Kier molecular flexibility index (Phi) is 6.00. The number of carbonyl (C=O) groups excluding carboxylic acids is 1. The standard InChI is InChI=1S/C23H25N3O3/c27-22-7-3-13-26(22)14-4-12-25(15-18-8-10-24-11-9-18)16-19-17-29-21-6-2-1-5-20(21)23(19)28/h1-2,5-6,8-11,17H,3-4,7,12-16H2. The highest BCUT2D eigenvalue weighted by molar-refractivity contribution is 5.78. The number of benzene rings is 1. The van der Waals surface area contributed by atoms with Crippen molar-refractivity contribution in [2.75, 3.05) is 19.6 Å². The molecule has 1 aliphatic rings. The van der Waals surface area contributed by atoms with Crippen LogP contribution in [0.25, 0.3) is 11.0 Å². The minimum Gasteiger partial charge on any atom is -0.464 e. The first-order valence-electron chi connectivity index (χ1n) is 10.1. The van der Waals surface area contributed by atoms with E-state index in [0.717, 1.165) is 38.0 Å². The summed E-state index contributed by atoms with van der Waals surface area (Å²) in [5.41, 5.74) is 2.41. The molecule has 0 radical (unpaired) electrons. The van der Waals surface area contributed by atoms with Crippen molar-refractivity contribution in [3.63, 3.8) is 0 Å². The number of hydrogen-bond donors (Lipinski definition) is 0. The molecule has 150 valence electrons. The lowest BCUT2D eigenvalue weighted by atomic mass is 10.1. The minimum atomic E-state index is 0.0151. The van der Waals surface area contributed by atoms with E-state index < -0.39 is 0 Å². The fraction of sp³-hybridized carbons (Fsp3) is 0.348. The molecule has 3 heterocycles. The Bertz CT molecular complexity index is 1030. The van der Waals surface area contributed by atoms with Gasteiger partial charge in [-0.25, -0.2) is 0 Å². The molecular weight excluding hydrogens is 366 g/mol. The Balaban J connectivity index is 1.49. The molecule has 1 aromatic carbocycles. The molecule has 0 bridgehead atoms. The van der Waals surface area contributed by atoms with Crippen LogP contribution in [0.15, 0.2) is 64.3 Å². The number of amides is 1. The first-order chi connectivity index (χ1) is 14.2. The Morgan fingerprint density at radius 3 is 2.69 bits per heavy atom. The van der Waals surface area contributed by atoms with Gasteiger partial charge in [-0.2, -0.15) is 0 Å². The fourth-order valence-electron chi connectivity index (χ4n) is 3.85. The van der Waals surface area contributed by atoms with Gasteiger partial charge in [-0.1, -0.05) is 12.1 Å². The monoisotopic (exact) mass is 391 g/mol. The zero-order valence-electron chi connectivity index (χ0n) is 16.4. The molecule has 6 heteroatoms. The predicted molar refractivity (Wildman–Crippen MR) is 111 cm³/mol. The first kappa shape index (κ1) is 19.3. The van der Waals surface area contributed by atoms with Crippen LogP contribution in [-0.4, -0.2) is 40.3 Å². The zero-order valence-corrected chi connectivity index (χ0v) is 16.4. The van der Waals surface area contributed by atoms with Crippen molar-refractivity contribution in [2.24, 2.45) is 0 Å². The molecule has 4 rings (SSSR count).